The van der Waals surface area contributed by atoms with E-state index in [9.17, 15) is 23.1 Å². The van der Waals surface area contributed by atoms with Gasteiger partial charge in [-0.1, -0.05) is 61.9 Å². The summed E-state index contributed by atoms with van der Waals surface area (Å²) in [5, 5.41) is 9.34. The molecule has 0 aliphatic heterocycles. The second-order valence-electron chi connectivity index (χ2n) is 5.31. The normalized spacial score (nSPS) is 12.9. The summed E-state index contributed by atoms with van der Waals surface area (Å²) in [5.41, 5.74) is -0.597. The molecule has 1 atom stereocenters. The molecule has 0 bridgehead atoms. The summed E-state index contributed by atoms with van der Waals surface area (Å²) in [5.74, 6) is -2.40. The molecule has 2 aromatic rings. The first-order chi connectivity index (χ1) is 10.9. The third kappa shape index (κ3) is 3.73. The number of benzene rings is 2. The predicted molar refractivity (Wildman–Crippen MR) is 82.2 cm³/mol. The highest BCUT2D eigenvalue weighted by Gasteiger charge is 2.39. The van der Waals surface area contributed by atoms with Crippen molar-refractivity contribution in [3.05, 3.63) is 59.7 Å². The molecule has 0 spiro atoms. The van der Waals surface area contributed by atoms with Crippen LogP contribution in [-0.4, -0.2) is 11.1 Å². The van der Waals surface area contributed by atoms with Crippen LogP contribution in [0.5, 0.6) is 0 Å². The van der Waals surface area contributed by atoms with Gasteiger partial charge in [-0.25, -0.2) is 0 Å². The van der Waals surface area contributed by atoms with Gasteiger partial charge in [-0.3, -0.25) is 4.79 Å². The van der Waals surface area contributed by atoms with E-state index >= 15 is 0 Å². The molecular weight excluding hydrogens is 305 g/mol. The Morgan fingerprint density at radius 3 is 2.26 bits per heavy atom. The maximum absolute atomic E-state index is 13.7. The zero-order chi connectivity index (χ0) is 17.0. The molecule has 0 aliphatic rings. The van der Waals surface area contributed by atoms with Gasteiger partial charge in [0.1, 0.15) is 0 Å². The SMILES string of the molecule is CCCC(C(=O)O)c1cccc(-c2ccccc2)c1C(F)(F)F. The van der Waals surface area contributed by atoms with Gasteiger partial charge in [-0.15, -0.1) is 0 Å². The molecule has 2 rings (SSSR count). The van der Waals surface area contributed by atoms with E-state index in [1.807, 2.05) is 0 Å². The lowest BCUT2D eigenvalue weighted by Crippen LogP contribution is -2.19. The zero-order valence-corrected chi connectivity index (χ0v) is 12.6. The van der Waals surface area contributed by atoms with Crippen LogP contribution in [0.1, 0.15) is 36.8 Å². The Labute approximate surface area is 132 Å². The standard InChI is InChI=1S/C18H17F3O2/c1-2-7-15(17(22)23)14-11-6-10-13(16(14)18(19,20)21)12-8-4-3-5-9-12/h3-6,8-11,15H,2,7H2,1H3,(H,22,23). The lowest BCUT2D eigenvalue weighted by Gasteiger charge is -2.21. The van der Waals surface area contributed by atoms with E-state index in [1.54, 1.807) is 37.3 Å². The Morgan fingerprint density at radius 2 is 1.74 bits per heavy atom. The summed E-state index contributed by atoms with van der Waals surface area (Å²) in [6, 6.07) is 12.3. The van der Waals surface area contributed by atoms with Crippen molar-refractivity contribution in [2.45, 2.75) is 31.9 Å². The summed E-state index contributed by atoms with van der Waals surface area (Å²) in [6.45, 7) is 1.75. The molecule has 0 fully saturated rings. The Balaban J connectivity index is 2.71. The quantitative estimate of drug-likeness (QED) is 0.806. The molecule has 1 N–H and O–H groups in total. The molecule has 0 aliphatic carbocycles. The summed E-state index contributed by atoms with van der Waals surface area (Å²) in [6.07, 6.45) is -3.97. The van der Waals surface area contributed by atoms with Gasteiger partial charge >= 0.3 is 12.1 Å². The fourth-order valence-electron chi connectivity index (χ4n) is 2.74. The van der Waals surface area contributed by atoms with Gasteiger partial charge in [0.2, 0.25) is 0 Å². The topological polar surface area (TPSA) is 37.3 Å². The highest BCUT2D eigenvalue weighted by atomic mass is 19.4. The van der Waals surface area contributed by atoms with Crippen molar-refractivity contribution < 1.29 is 23.1 Å². The highest BCUT2D eigenvalue weighted by Crippen LogP contribution is 2.42. The van der Waals surface area contributed by atoms with Gasteiger partial charge in [-0.05, 0) is 23.1 Å². The predicted octanol–water partition coefficient (Wildman–Crippen LogP) is 5.34. The summed E-state index contributed by atoms with van der Waals surface area (Å²) in [7, 11) is 0. The first-order valence-electron chi connectivity index (χ1n) is 7.34. The molecule has 122 valence electrons. The number of halogens is 3. The molecule has 0 amide bonds. The molecule has 0 saturated heterocycles. The second kappa shape index (κ2) is 6.86. The largest absolute Gasteiger partial charge is 0.481 e. The van der Waals surface area contributed by atoms with Crippen LogP contribution in [-0.2, 0) is 11.0 Å². The highest BCUT2D eigenvalue weighted by molar-refractivity contribution is 5.79. The first kappa shape index (κ1) is 17.1. The lowest BCUT2D eigenvalue weighted by atomic mass is 9.86. The van der Waals surface area contributed by atoms with E-state index in [0.29, 0.717) is 12.0 Å². The Kier molecular flexibility index (Phi) is 5.08. The minimum atomic E-state index is -4.62. The van der Waals surface area contributed by atoms with Gasteiger partial charge in [0, 0.05) is 0 Å². The van der Waals surface area contributed by atoms with Crippen LogP contribution in [0, 0.1) is 0 Å². The molecule has 0 saturated carbocycles. The molecule has 5 heteroatoms. The number of hydrogen-bond donors (Lipinski definition) is 1. The van der Waals surface area contributed by atoms with Crippen LogP contribution in [0.3, 0.4) is 0 Å². The van der Waals surface area contributed by atoms with Gasteiger partial charge < -0.3 is 5.11 Å². The Bertz CT molecular complexity index is 678. The van der Waals surface area contributed by atoms with Crippen molar-refractivity contribution in [1.82, 2.24) is 0 Å². The van der Waals surface area contributed by atoms with Gasteiger partial charge in [0.05, 0.1) is 11.5 Å². The van der Waals surface area contributed by atoms with Crippen LogP contribution in [0.2, 0.25) is 0 Å². The average Bonchev–Trinajstić information content (AvgIpc) is 2.51. The average molecular weight is 322 g/mol. The van der Waals surface area contributed by atoms with E-state index < -0.39 is 23.6 Å². The van der Waals surface area contributed by atoms with Gasteiger partial charge in [0.15, 0.2) is 0 Å². The molecule has 1 unspecified atom stereocenters. The smallest absolute Gasteiger partial charge is 0.417 e. The van der Waals surface area contributed by atoms with Crippen molar-refractivity contribution in [2.24, 2.45) is 0 Å². The molecular formula is C18H17F3O2. The number of rotatable bonds is 5. The van der Waals surface area contributed by atoms with Crippen LogP contribution in [0.25, 0.3) is 11.1 Å². The number of alkyl halides is 3. The van der Waals surface area contributed by atoms with Gasteiger partial charge in [0.25, 0.3) is 0 Å². The van der Waals surface area contributed by atoms with Gasteiger partial charge in [-0.2, -0.15) is 13.2 Å². The number of aliphatic carboxylic acids is 1. The first-order valence-corrected chi connectivity index (χ1v) is 7.34. The fraction of sp³-hybridized carbons (Fsp3) is 0.278. The summed E-state index contributed by atoms with van der Waals surface area (Å²) in [4.78, 5) is 11.4. The fourth-order valence-corrected chi connectivity index (χ4v) is 2.74. The van der Waals surface area contributed by atoms with Crippen molar-refractivity contribution in [1.29, 1.82) is 0 Å². The van der Waals surface area contributed by atoms with Crippen molar-refractivity contribution in [2.75, 3.05) is 0 Å². The minimum absolute atomic E-state index is 0.0120. The molecule has 23 heavy (non-hydrogen) atoms. The Morgan fingerprint density at radius 1 is 1.09 bits per heavy atom. The molecule has 2 nitrogen and oxygen atoms in total. The maximum atomic E-state index is 13.7. The van der Waals surface area contributed by atoms with E-state index in [2.05, 4.69) is 0 Å². The number of carboxylic acids is 1. The molecule has 0 radical (unpaired) electrons. The second-order valence-corrected chi connectivity index (χ2v) is 5.31. The monoisotopic (exact) mass is 322 g/mol. The number of carboxylic acid groups (broad SMARTS) is 1. The number of carbonyl (C=O) groups is 1. The van der Waals surface area contributed by atoms with Crippen LogP contribution in [0.15, 0.2) is 48.5 Å². The molecule has 2 aromatic carbocycles. The summed E-state index contributed by atoms with van der Waals surface area (Å²) >= 11 is 0. The maximum Gasteiger partial charge on any atom is 0.417 e. The zero-order valence-electron chi connectivity index (χ0n) is 12.6. The number of hydrogen-bond acceptors (Lipinski definition) is 1. The van der Waals surface area contributed by atoms with E-state index in [-0.39, 0.29) is 17.5 Å². The molecule has 0 heterocycles. The Hall–Kier alpha value is -2.30. The summed E-state index contributed by atoms with van der Waals surface area (Å²) < 4.78 is 41.0. The van der Waals surface area contributed by atoms with Crippen molar-refractivity contribution in [3.8, 4) is 11.1 Å². The third-order valence-corrected chi connectivity index (χ3v) is 3.72. The van der Waals surface area contributed by atoms with Crippen LogP contribution < -0.4 is 0 Å². The van der Waals surface area contributed by atoms with E-state index in [0.717, 1.165) is 0 Å². The van der Waals surface area contributed by atoms with Crippen LogP contribution >= 0.6 is 0 Å². The van der Waals surface area contributed by atoms with Crippen LogP contribution in [0.4, 0.5) is 13.2 Å². The van der Waals surface area contributed by atoms with Crippen molar-refractivity contribution in [3.63, 3.8) is 0 Å². The van der Waals surface area contributed by atoms with Crippen molar-refractivity contribution >= 4 is 5.97 Å². The lowest BCUT2D eigenvalue weighted by molar-refractivity contribution is -0.141. The molecule has 0 aromatic heterocycles. The van der Waals surface area contributed by atoms with E-state index in [4.69, 9.17) is 0 Å². The third-order valence-electron chi connectivity index (χ3n) is 3.72. The van der Waals surface area contributed by atoms with E-state index in [1.165, 1.54) is 18.2 Å². The minimum Gasteiger partial charge on any atom is -0.481 e.